The first-order valence-electron chi connectivity index (χ1n) is 4.48. The maximum absolute atomic E-state index is 11.8. The molecule has 0 bridgehead atoms. The number of nitrogens with one attached hydrogen (secondary N) is 1. The van der Waals surface area contributed by atoms with Crippen molar-refractivity contribution >= 4 is 44.6 Å². The van der Waals surface area contributed by atoms with Crippen LogP contribution in [0.5, 0.6) is 0 Å². The van der Waals surface area contributed by atoms with Gasteiger partial charge in [0.05, 0.1) is 12.7 Å². The fourth-order valence-corrected chi connectivity index (χ4v) is 2.98. The van der Waals surface area contributed by atoms with E-state index in [1.807, 2.05) is 22.6 Å². The van der Waals surface area contributed by atoms with Gasteiger partial charge in [-0.1, -0.05) is 0 Å². The highest BCUT2D eigenvalue weighted by molar-refractivity contribution is 14.1. The predicted molar refractivity (Wildman–Crippen MR) is 70.4 cm³/mol. The van der Waals surface area contributed by atoms with E-state index in [-0.39, 0.29) is 10.5 Å². The van der Waals surface area contributed by atoms with E-state index in [4.69, 9.17) is 5.73 Å². The Labute approximate surface area is 117 Å². The van der Waals surface area contributed by atoms with Gasteiger partial charge in [-0.3, -0.25) is 0 Å². The Hall–Kier alpha value is -1.36. The molecule has 18 heavy (non-hydrogen) atoms. The van der Waals surface area contributed by atoms with Gasteiger partial charge in [0, 0.05) is 3.57 Å². The summed E-state index contributed by atoms with van der Waals surface area (Å²) < 4.78 is 30.2. The molecular weight excluding hydrogens is 375 g/mol. The molecule has 7 nitrogen and oxygen atoms in total. The minimum atomic E-state index is -4.20. The third kappa shape index (κ3) is 3.32. The van der Waals surface area contributed by atoms with Crippen LogP contribution in [0, 0.1) is 3.57 Å². The minimum absolute atomic E-state index is 0.174. The number of halogens is 1. The Kier molecular flexibility index (Phi) is 4.51. The summed E-state index contributed by atoms with van der Waals surface area (Å²) in [5.41, 5.74) is 4.59. The molecule has 9 heteroatoms. The summed E-state index contributed by atoms with van der Waals surface area (Å²) in [7, 11) is -3.07. The second-order valence-electron chi connectivity index (χ2n) is 3.10. The summed E-state index contributed by atoms with van der Waals surface area (Å²) >= 11 is 1.87. The summed E-state index contributed by atoms with van der Waals surface area (Å²) in [6, 6.07) is 2.84. The van der Waals surface area contributed by atoms with Crippen molar-refractivity contribution in [2.24, 2.45) is 5.73 Å². The summed E-state index contributed by atoms with van der Waals surface area (Å²) in [5.74, 6) is -0.823. The maximum Gasteiger partial charge on any atom is 0.339 e. The Morgan fingerprint density at radius 2 is 2.00 bits per heavy atom. The van der Waals surface area contributed by atoms with Crippen LogP contribution in [-0.2, 0) is 14.8 Å². The average Bonchev–Trinajstić information content (AvgIpc) is 2.26. The van der Waals surface area contributed by atoms with Crippen LogP contribution in [0.2, 0.25) is 0 Å². The maximum atomic E-state index is 11.8. The van der Waals surface area contributed by atoms with Crippen LogP contribution in [0.1, 0.15) is 10.4 Å². The molecule has 0 aliphatic rings. The largest absolute Gasteiger partial charge is 0.465 e. The van der Waals surface area contributed by atoms with Gasteiger partial charge in [0.25, 0.3) is 10.0 Å². The van der Waals surface area contributed by atoms with Crippen LogP contribution in [-0.4, -0.2) is 27.5 Å². The van der Waals surface area contributed by atoms with Gasteiger partial charge < -0.3 is 10.5 Å². The zero-order valence-corrected chi connectivity index (χ0v) is 12.1. The zero-order chi connectivity index (χ0) is 13.9. The molecule has 0 unspecified atom stereocenters. The summed E-state index contributed by atoms with van der Waals surface area (Å²) in [5, 5.41) is 0. The predicted octanol–water partition coefficient (Wildman–Crippen LogP) is 0.435. The molecule has 0 heterocycles. The van der Waals surface area contributed by atoms with E-state index in [9.17, 15) is 18.0 Å². The third-order valence-corrected chi connectivity index (χ3v) is 3.93. The van der Waals surface area contributed by atoms with Crippen molar-refractivity contribution in [3.05, 3.63) is 27.3 Å². The van der Waals surface area contributed by atoms with Crippen LogP contribution < -0.4 is 10.5 Å². The van der Waals surface area contributed by atoms with Crippen molar-refractivity contribution in [1.82, 2.24) is 4.72 Å². The number of amides is 2. The zero-order valence-electron chi connectivity index (χ0n) is 9.14. The number of carbonyl (C=O) groups is 2. The molecule has 0 aliphatic heterocycles. The molecule has 1 rings (SSSR count). The summed E-state index contributed by atoms with van der Waals surface area (Å²) in [6.07, 6.45) is 0. The molecule has 0 fully saturated rings. The first-order valence-corrected chi connectivity index (χ1v) is 7.04. The highest BCUT2D eigenvalue weighted by Gasteiger charge is 2.24. The van der Waals surface area contributed by atoms with Gasteiger partial charge in [0.1, 0.15) is 4.90 Å². The lowest BCUT2D eigenvalue weighted by atomic mass is 10.2. The molecule has 1 aromatic rings. The molecule has 0 atom stereocenters. The molecule has 0 aliphatic carbocycles. The van der Waals surface area contributed by atoms with Gasteiger partial charge in [-0.15, -0.1) is 0 Å². The summed E-state index contributed by atoms with van der Waals surface area (Å²) in [6.45, 7) is 0. The number of carbonyl (C=O) groups excluding carboxylic acids is 2. The fourth-order valence-electron chi connectivity index (χ4n) is 1.18. The molecule has 0 aromatic heterocycles. The quantitative estimate of drug-likeness (QED) is 0.580. The fraction of sp³-hybridized carbons (Fsp3) is 0.111. The van der Waals surface area contributed by atoms with E-state index in [1.165, 1.54) is 18.2 Å². The number of methoxy groups -OCH3 is 1. The van der Waals surface area contributed by atoms with Crippen molar-refractivity contribution in [3.8, 4) is 0 Å². The van der Waals surface area contributed by atoms with Crippen molar-refractivity contribution in [2.45, 2.75) is 4.90 Å². The molecule has 98 valence electrons. The molecule has 1 aromatic carbocycles. The number of primary amides is 1. The van der Waals surface area contributed by atoms with Crippen LogP contribution in [0.15, 0.2) is 23.1 Å². The van der Waals surface area contributed by atoms with E-state index in [2.05, 4.69) is 4.74 Å². The van der Waals surface area contributed by atoms with Crippen LogP contribution in [0.4, 0.5) is 4.79 Å². The molecule has 0 radical (unpaired) electrons. The van der Waals surface area contributed by atoms with Gasteiger partial charge in [0.15, 0.2) is 0 Å². The Morgan fingerprint density at radius 1 is 1.39 bits per heavy atom. The number of rotatable bonds is 3. The van der Waals surface area contributed by atoms with E-state index in [1.54, 1.807) is 4.72 Å². The second kappa shape index (κ2) is 5.52. The van der Waals surface area contributed by atoms with E-state index in [0.717, 1.165) is 7.11 Å². The first kappa shape index (κ1) is 14.7. The minimum Gasteiger partial charge on any atom is -0.465 e. The molecular formula is C9H9IN2O5S. The molecule has 0 saturated carbocycles. The monoisotopic (exact) mass is 384 g/mol. The number of hydrogen-bond acceptors (Lipinski definition) is 5. The Bertz CT molecular complexity index is 599. The van der Waals surface area contributed by atoms with Crippen LogP contribution >= 0.6 is 22.6 Å². The molecule has 0 saturated heterocycles. The number of hydrogen-bond donors (Lipinski definition) is 2. The van der Waals surface area contributed by atoms with Gasteiger partial charge in [0.2, 0.25) is 0 Å². The van der Waals surface area contributed by atoms with Gasteiger partial charge in [-0.25, -0.2) is 22.7 Å². The van der Waals surface area contributed by atoms with Gasteiger partial charge in [-0.2, -0.15) is 0 Å². The van der Waals surface area contributed by atoms with E-state index < -0.39 is 22.0 Å². The standard InChI is InChI=1S/C9H9IN2O5S/c1-17-8(13)6-3-2-5(10)4-7(6)18(15,16)12-9(11)14/h2-4H,1H3,(H3,11,12,14). The normalized spacial score (nSPS) is 10.8. The molecule has 0 spiro atoms. The van der Waals surface area contributed by atoms with Crippen LogP contribution in [0.25, 0.3) is 0 Å². The lowest BCUT2D eigenvalue weighted by Gasteiger charge is -2.09. The SMILES string of the molecule is COC(=O)c1ccc(I)cc1S(=O)(=O)NC(N)=O. The molecule has 3 N–H and O–H groups in total. The van der Waals surface area contributed by atoms with Crippen LogP contribution in [0.3, 0.4) is 0 Å². The van der Waals surface area contributed by atoms with Crippen molar-refractivity contribution in [3.63, 3.8) is 0 Å². The third-order valence-electron chi connectivity index (χ3n) is 1.87. The highest BCUT2D eigenvalue weighted by Crippen LogP contribution is 2.19. The van der Waals surface area contributed by atoms with E-state index >= 15 is 0 Å². The number of ether oxygens (including phenoxy) is 1. The smallest absolute Gasteiger partial charge is 0.339 e. The highest BCUT2D eigenvalue weighted by atomic mass is 127. The average molecular weight is 384 g/mol. The van der Waals surface area contributed by atoms with Crippen molar-refractivity contribution < 1.29 is 22.7 Å². The van der Waals surface area contributed by atoms with E-state index in [0.29, 0.717) is 3.57 Å². The lowest BCUT2D eigenvalue weighted by molar-refractivity contribution is 0.0596. The Balaban J connectivity index is 3.42. The van der Waals surface area contributed by atoms with Gasteiger partial charge >= 0.3 is 12.0 Å². The number of esters is 1. The Morgan fingerprint density at radius 3 is 2.50 bits per heavy atom. The second-order valence-corrected chi connectivity index (χ2v) is 6.00. The number of benzene rings is 1. The van der Waals surface area contributed by atoms with Crippen molar-refractivity contribution in [2.75, 3.05) is 7.11 Å². The number of urea groups is 1. The number of nitrogens with two attached hydrogens (primary N) is 1. The topological polar surface area (TPSA) is 116 Å². The van der Waals surface area contributed by atoms with Gasteiger partial charge in [-0.05, 0) is 40.8 Å². The number of sulfonamides is 1. The molecule has 2 amide bonds. The summed E-state index contributed by atoms with van der Waals surface area (Å²) in [4.78, 5) is 21.7. The lowest BCUT2D eigenvalue weighted by Crippen LogP contribution is -2.35. The first-order chi connectivity index (χ1) is 8.27. The van der Waals surface area contributed by atoms with Crippen molar-refractivity contribution in [1.29, 1.82) is 0 Å².